The molecule has 0 saturated heterocycles. The summed E-state index contributed by atoms with van der Waals surface area (Å²) in [6.45, 7) is 0. The fraction of sp³-hybridized carbons (Fsp3) is 0.0435. The molecule has 1 aromatic heterocycles. The molecule has 0 aliphatic rings. The fourth-order valence-corrected chi connectivity index (χ4v) is 4.16. The van der Waals surface area contributed by atoms with Crippen molar-refractivity contribution in [2.75, 3.05) is 0 Å². The van der Waals surface area contributed by atoms with Crippen molar-refractivity contribution < 1.29 is 4.39 Å². The molecule has 0 aliphatic carbocycles. The van der Waals surface area contributed by atoms with Crippen molar-refractivity contribution in [1.82, 2.24) is 9.97 Å². The molecule has 2 nitrogen and oxygen atoms in total. The third-order valence-electron chi connectivity index (χ3n) is 4.30. The molecule has 0 N–H and O–H groups in total. The zero-order valence-corrected chi connectivity index (χ0v) is 19.1. The first-order valence-electron chi connectivity index (χ1n) is 8.86. The first kappa shape index (κ1) is 20.3. The summed E-state index contributed by atoms with van der Waals surface area (Å²) in [5.74, 6) is 0.258. The lowest BCUT2D eigenvalue weighted by atomic mass is 10.1. The second-order valence-corrected chi connectivity index (χ2v) is 9.09. The maximum atomic E-state index is 14.0. The van der Waals surface area contributed by atoms with Gasteiger partial charge in [-0.15, -0.1) is 0 Å². The van der Waals surface area contributed by atoms with Gasteiger partial charge in [0.15, 0.2) is 5.16 Å². The molecule has 3 aromatic carbocycles. The summed E-state index contributed by atoms with van der Waals surface area (Å²) in [5, 5.41) is 0.617. The summed E-state index contributed by atoms with van der Waals surface area (Å²) in [4.78, 5) is 9.45. The van der Waals surface area contributed by atoms with Gasteiger partial charge in [-0.25, -0.2) is 14.4 Å². The smallest absolute Gasteiger partial charge is 0.189 e. The van der Waals surface area contributed by atoms with E-state index in [1.165, 1.54) is 17.8 Å². The molecule has 0 fully saturated rings. The third-order valence-corrected chi connectivity index (χ3v) is 6.25. The van der Waals surface area contributed by atoms with Gasteiger partial charge >= 0.3 is 0 Å². The average Bonchev–Trinajstić information content (AvgIpc) is 2.74. The van der Waals surface area contributed by atoms with E-state index in [-0.39, 0.29) is 5.82 Å². The predicted octanol–water partition coefficient (Wildman–Crippen LogP) is 7.77. The fourth-order valence-electron chi connectivity index (χ4n) is 2.78. The van der Waals surface area contributed by atoms with Crippen molar-refractivity contribution in [3.63, 3.8) is 0 Å². The molecule has 4 rings (SSSR count). The largest absolute Gasteiger partial charge is 0.222 e. The second-order valence-electron chi connectivity index (χ2n) is 6.31. The lowest BCUT2D eigenvalue weighted by molar-refractivity contribution is 0.617. The summed E-state index contributed by atoms with van der Waals surface area (Å²) in [6, 6.07) is 24.8. The van der Waals surface area contributed by atoms with Crippen LogP contribution in [0.1, 0.15) is 5.56 Å². The van der Waals surface area contributed by atoms with Crippen molar-refractivity contribution in [2.45, 2.75) is 10.9 Å². The number of hydrogen-bond donors (Lipinski definition) is 0. The molecule has 4 aromatic rings. The van der Waals surface area contributed by atoms with E-state index in [4.69, 9.17) is 9.97 Å². The molecule has 0 radical (unpaired) electrons. The Bertz CT molecular complexity index is 1070. The quantitative estimate of drug-likeness (QED) is 0.195. The van der Waals surface area contributed by atoms with E-state index in [2.05, 4.69) is 31.9 Å². The zero-order valence-electron chi connectivity index (χ0n) is 15.1. The summed E-state index contributed by atoms with van der Waals surface area (Å²) in [5.41, 5.74) is 4.31. The minimum Gasteiger partial charge on any atom is -0.222 e. The number of nitrogens with zero attached hydrogens (tertiary/aromatic N) is 2. The number of aromatic nitrogens is 2. The van der Waals surface area contributed by atoms with Gasteiger partial charge in [0.2, 0.25) is 0 Å². The Labute approximate surface area is 189 Å². The van der Waals surface area contributed by atoms with Crippen LogP contribution in [0.25, 0.3) is 22.5 Å². The van der Waals surface area contributed by atoms with Crippen LogP contribution < -0.4 is 0 Å². The Morgan fingerprint density at radius 1 is 0.724 bits per heavy atom. The van der Waals surface area contributed by atoms with E-state index in [1.807, 2.05) is 60.7 Å². The molecule has 0 unspecified atom stereocenters. The predicted molar refractivity (Wildman–Crippen MR) is 124 cm³/mol. The van der Waals surface area contributed by atoms with E-state index < -0.39 is 0 Å². The van der Waals surface area contributed by atoms with Gasteiger partial charge in [0.25, 0.3) is 0 Å². The van der Waals surface area contributed by atoms with Crippen LogP contribution in [0.5, 0.6) is 0 Å². The average molecular weight is 530 g/mol. The van der Waals surface area contributed by atoms with Gasteiger partial charge in [-0.1, -0.05) is 86.1 Å². The van der Waals surface area contributed by atoms with Crippen LogP contribution in [-0.2, 0) is 5.75 Å². The first-order chi connectivity index (χ1) is 14.1. The highest BCUT2D eigenvalue weighted by molar-refractivity contribution is 9.10. The van der Waals surface area contributed by atoms with E-state index in [1.54, 1.807) is 12.1 Å². The van der Waals surface area contributed by atoms with Gasteiger partial charge in [-0.2, -0.15) is 0 Å². The lowest BCUT2D eigenvalue weighted by Crippen LogP contribution is -1.95. The molecule has 29 heavy (non-hydrogen) atoms. The number of halogens is 3. The Morgan fingerprint density at radius 3 is 1.76 bits per heavy atom. The molecular weight excluding hydrogens is 515 g/mol. The van der Waals surface area contributed by atoms with Gasteiger partial charge < -0.3 is 0 Å². The standard InChI is InChI=1S/C23H15Br2FN2S/c24-18-9-5-15(6-10-18)21-13-22(16-7-11-19(25)12-8-16)28-23(27-21)29-14-17-3-1-2-4-20(17)26/h1-13H,14H2. The number of benzene rings is 3. The number of thioether (sulfide) groups is 1. The molecule has 0 bridgehead atoms. The molecule has 0 amide bonds. The van der Waals surface area contributed by atoms with Crippen LogP contribution in [-0.4, -0.2) is 9.97 Å². The normalized spacial score (nSPS) is 10.9. The van der Waals surface area contributed by atoms with Crippen LogP contribution in [0.2, 0.25) is 0 Å². The van der Waals surface area contributed by atoms with Gasteiger partial charge in [0.1, 0.15) is 5.82 Å². The molecule has 0 atom stereocenters. The number of rotatable bonds is 5. The maximum absolute atomic E-state index is 14.0. The maximum Gasteiger partial charge on any atom is 0.189 e. The molecule has 1 heterocycles. The van der Waals surface area contributed by atoms with Crippen molar-refractivity contribution in [1.29, 1.82) is 0 Å². The van der Waals surface area contributed by atoms with E-state index >= 15 is 0 Å². The van der Waals surface area contributed by atoms with Crippen LogP contribution in [0.3, 0.4) is 0 Å². The van der Waals surface area contributed by atoms with Gasteiger partial charge in [-0.3, -0.25) is 0 Å². The molecule has 0 spiro atoms. The summed E-state index contributed by atoms with van der Waals surface area (Å²) < 4.78 is 16.0. The van der Waals surface area contributed by atoms with Crippen LogP contribution in [0.15, 0.2) is 93.0 Å². The van der Waals surface area contributed by atoms with E-state index in [0.717, 1.165) is 31.5 Å². The summed E-state index contributed by atoms with van der Waals surface area (Å²) >= 11 is 8.37. The Hall–Kier alpha value is -2.02. The first-order valence-corrected chi connectivity index (χ1v) is 11.4. The highest BCUT2D eigenvalue weighted by Crippen LogP contribution is 2.30. The van der Waals surface area contributed by atoms with E-state index in [0.29, 0.717) is 16.5 Å². The molecule has 0 saturated carbocycles. The van der Waals surface area contributed by atoms with Crippen molar-refractivity contribution in [2.24, 2.45) is 0 Å². The van der Waals surface area contributed by atoms with Crippen LogP contribution >= 0.6 is 43.6 Å². The highest BCUT2D eigenvalue weighted by Gasteiger charge is 2.11. The number of hydrogen-bond acceptors (Lipinski definition) is 3. The zero-order chi connectivity index (χ0) is 20.2. The second kappa shape index (κ2) is 9.20. The topological polar surface area (TPSA) is 25.8 Å². The van der Waals surface area contributed by atoms with Crippen LogP contribution in [0, 0.1) is 5.82 Å². The van der Waals surface area contributed by atoms with Crippen molar-refractivity contribution in [3.8, 4) is 22.5 Å². The highest BCUT2D eigenvalue weighted by atomic mass is 79.9. The van der Waals surface area contributed by atoms with Gasteiger partial charge in [-0.05, 0) is 42.0 Å². The van der Waals surface area contributed by atoms with Gasteiger partial charge in [0, 0.05) is 25.8 Å². The minimum atomic E-state index is -0.211. The van der Waals surface area contributed by atoms with Crippen molar-refractivity contribution in [3.05, 3.63) is 99.2 Å². The molecular formula is C23H15Br2FN2S. The Balaban J connectivity index is 1.72. The molecule has 6 heteroatoms. The van der Waals surface area contributed by atoms with Crippen molar-refractivity contribution >= 4 is 43.6 Å². The molecule has 144 valence electrons. The summed E-state index contributed by atoms with van der Waals surface area (Å²) in [7, 11) is 0. The SMILES string of the molecule is Fc1ccccc1CSc1nc(-c2ccc(Br)cc2)cc(-c2ccc(Br)cc2)n1. The Kier molecular flexibility index (Phi) is 6.43. The van der Waals surface area contributed by atoms with Gasteiger partial charge in [0.05, 0.1) is 11.4 Å². The lowest BCUT2D eigenvalue weighted by Gasteiger charge is -2.09. The summed E-state index contributed by atoms with van der Waals surface area (Å²) in [6.07, 6.45) is 0. The molecule has 0 aliphatic heterocycles. The minimum absolute atomic E-state index is 0.211. The van der Waals surface area contributed by atoms with E-state index in [9.17, 15) is 4.39 Å². The van der Waals surface area contributed by atoms with Crippen LogP contribution in [0.4, 0.5) is 4.39 Å². The Morgan fingerprint density at radius 2 is 1.24 bits per heavy atom. The monoisotopic (exact) mass is 528 g/mol. The third kappa shape index (κ3) is 5.13.